The van der Waals surface area contributed by atoms with E-state index in [4.69, 9.17) is 0 Å². The Morgan fingerprint density at radius 2 is 1.84 bits per heavy atom. The zero-order valence-corrected chi connectivity index (χ0v) is 14.9. The Balaban J connectivity index is 1.71. The van der Waals surface area contributed by atoms with Crippen LogP contribution in [0.2, 0.25) is 0 Å². The van der Waals surface area contributed by atoms with Crippen LogP contribution in [0.25, 0.3) is 0 Å². The molecule has 1 saturated heterocycles. The van der Waals surface area contributed by atoms with E-state index < -0.39 is 0 Å². The second-order valence-electron chi connectivity index (χ2n) is 6.23. The molecule has 1 amide bonds. The molecular weight excluding hydrogens is 314 g/mol. The van der Waals surface area contributed by atoms with Gasteiger partial charge in [0.05, 0.1) is 0 Å². The number of benzene rings is 1. The van der Waals surface area contributed by atoms with Gasteiger partial charge in [-0.2, -0.15) is 0 Å². The fourth-order valence-electron chi connectivity index (χ4n) is 3.09. The van der Waals surface area contributed by atoms with Gasteiger partial charge in [-0.15, -0.1) is 0 Å². The fourth-order valence-corrected chi connectivity index (χ4v) is 3.09. The van der Waals surface area contributed by atoms with E-state index in [0.29, 0.717) is 0 Å². The number of anilines is 2. The number of nitrogens with zero attached hydrogens (tertiary/aromatic N) is 5. The Morgan fingerprint density at radius 3 is 2.48 bits per heavy atom. The van der Waals surface area contributed by atoms with Crippen LogP contribution in [-0.4, -0.2) is 53.5 Å². The summed E-state index contributed by atoms with van der Waals surface area (Å²) in [5, 5.41) is 0. The van der Waals surface area contributed by atoms with Crippen LogP contribution in [-0.2, 0) is 11.3 Å². The largest absolute Gasteiger partial charge is 0.353 e. The highest BCUT2D eigenvalue weighted by Crippen LogP contribution is 2.20. The molecule has 2 heterocycles. The van der Waals surface area contributed by atoms with Gasteiger partial charge in [0.25, 0.3) is 0 Å². The zero-order valence-electron chi connectivity index (χ0n) is 14.9. The van der Waals surface area contributed by atoms with Crippen LogP contribution in [0.3, 0.4) is 0 Å². The number of amides is 1. The van der Waals surface area contributed by atoms with Crippen LogP contribution in [0, 0.1) is 0 Å². The van der Waals surface area contributed by atoms with Gasteiger partial charge in [0.15, 0.2) is 0 Å². The molecule has 0 N–H and O–H groups in total. The maximum Gasteiger partial charge on any atom is 0.219 e. The molecule has 0 atom stereocenters. The summed E-state index contributed by atoms with van der Waals surface area (Å²) in [4.78, 5) is 26.7. The summed E-state index contributed by atoms with van der Waals surface area (Å²) in [6.45, 7) is 8.57. The van der Waals surface area contributed by atoms with Crippen molar-refractivity contribution in [3.05, 3.63) is 48.3 Å². The highest BCUT2D eigenvalue weighted by atomic mass is 16.2. The third kappa shape index (κ3) is 4.26. The van der Waals surface area contributed by atoms with Gasteiger partial charge in [-0.05, 0) is 12.5 Å². The number of rotatable bonds is 5. The van der Waals surface area contributed by atoms with Gasteiger partial charge < -0.3 is 14.7 Å². The lowest BCUT2D eigenvalue weighted by Crippen LogP contribution is -2.48. The molecule has 0 unspecified atom stereocenters. The van der Waals surface area contributed by atoms with Crippen LogP contribution in [0.1, 0.15) is 19.4 Å². The van der Waals surface area contributed by atoms with Gasteiger partial charge in [0.2, 0.25) is 5.91 Å². The Morgan fingerprint density at radius 1 is 1.12 bits per heavy atom. The van der Waals surface area contributed by atoms with Crippen LogP contribution < -0.4 is 9.80 Å². The van der Waals surface area contributed by atoms with Gasteiger partial charge >= 0.3 is 0 Å². The third-order valence-electron chi connectivity index (χ3n) is 4.61. The quantitative estimate of drug-likeness (QED) is 0.836. The van der Waals surface area contributed by atoms with Crippen molar-refractivity contribution in [3.8, 4) is 0 Å². The molecule has 0 radical (unpaired) electrons. The third-order valence-corrected chi connectivity index (χ3v) is 4.61. The average Bonchev–Trinajstić information content (AvgIpc) is 2.67. The van der Waals surface area contributed by atoms with Crippen LogP contribution >= 0.6 is 0 Å². The molecular formula is C19H25N5O. The SMILES string of the molecule is CCN(Cc1ccccc1)c1cc(N2CCN(C(C)=O)CC2)ncn1. The van der Waals surface area contributed by atoms with Gasteiger partial charge in [0, 0.05) is 52.3 Å². The van der Waals surface area contributed by atoms with E-state index in [0.717, 1.165) is 50.9 Å². The molecule has 1 aliphatic rings. The minimum absolute atomic E-state index is 0.142. The Kier molecular flexibility index (Phi) is 5.48. The topological polar surface area (TPSA) is 52.6 Å². The van der Waals surface area contributed by atoms with Crippen molar-refractivity contribution in [1.29, 1.82) is 0 Å². The van der Waals surface area contributed by atoms with Crippen LogP contribution in [0.15, 0.2) is 42.7 Å². The molecule has 0 aliphatic carbocycles. The first kappa shape index (κ1) is 17.2. The molecule has 1 aliphatic heterocycles. The predicted molar refractivity (Wildman–Crippen MR) is 99.7 cm³/mol. The Hall–Kier alpha value is -2.63. The van der Waals surface area contributed by atoms with Gasteiger partial charge in [-0.25, -0.2) is 9.97 Å². The lowest BCUT2D eigenvalue weighted by Gasteiger charge is -2.35. The van der Waals surface area contributed by atoms with E-state index in [1.165, 1.54) is 5.56 Å². The summed E-state index contributed by atoms with van der Waals surface area (Å²) >= 11 is 0. The maximum absolute atomic E-state index is 11.5. The van der Waals surface area contributed by atoms with Crippen molar-refractivity contribution in [2.75, 3.05) is 42.5 Å². The van der Waals surface area contributed by atoms with Crippen molar-refractivity contribution in [3.63, 3.8) is 0 Å². The predicted octanol–water partition coefficient (Wildman–Crippen LogP) is 2.17. The minimum atomic E-state index is 0.142. The summed E-state index contributed by atoms with van der Waals surface area (Å²) in [5.41, 5.74) is 1.26. The highest BCUT2D eigenvalue weighted by Gasteiger charge is 2.20. The highest BCUT2D eigenvalue weighted by molar-refractivity contribution is 5.73. The van der Waals surface area contributed by atoms with Gasteiger partial charge in [-0.1, -0.05) is 30.3 Å². The average molecular weight is 339 g/mol. The lowest BCUT2D eigenvalue weighted by molar-refractivity contribution is -0.129. The van der Waals surface area contributed by atoms with Crippen molar-refractivity contribution in [1.82, 2.24) is 14.9 Å². The molecule has 0 saturated carbocycles. The molecule has 0 spiro atoms. The number of aromatic nitrogens is 2. The van der Waals surface area contributed by atoms with Crippen LogP contribution in [0.4, 0.5) is 11.6 Å². The zero-order chi connectivity index (χ0) is 17.6. The summed E-state index contributed by atoms with van der Waals surface area (Å²) in [5.74, 6) is 2.01. The van der Waals surface area contributed by atoms with E-state index >= 15 is 0 Å². The van der Waals surface area contributed by atoms with E-state index in [2.05, 4.69) is 57.0 Å². The lowest BCUT2D eigenvalue weighted by atomic mass is 10.2. The van der Waals surface area contributed by atoms with Crippen molar-refractivity contribution in [2.45, 2.75) is 20.4 Å². The first-order valence-electron chi connectivity index (χ1n) is 8.78. The molecule has 25 heavy (non-hydrogen) atoms. The van der Waals surface area contributed by atoms with Crippen molar-refractivity contribution < 1.29 is 4.79 Å². The summed E-state index contributed by atoms with van der Waals surface area (Å²) in [7, 11) is 0. The van der Waals surface area contributed by atoms with Crippen molar-refractivity contribution in [2.24, 2.45) is 0 Å². The van der Waals surface area contributed by atoms with Gasteiger partial charge in [0.1, 0.15) is 18.0 Å². The van der Waals surface area contributed by atoms with Crippen LogP contribution in [0.5, 0.6) is 0 Å². The van der Waals surface area contributed by atoms with E-state index in [1.807, 2.05) is 11.0 Å². The second-order valence-corrected chi connectivity index (χ2v) is 6.23. The summed E-state index contributed by atoms with van der Waals surface area (Å²) < 4.78 is 0. The summed E-state index contributed by atoms with van der Waals surface area (Å²) in [6.07, 6.45) is 1.63. The number of carbonyl (C=O) groups excluding carboxylic acids is 1. The van der Waals surface area contributed by atoms with E-state index in [1.54, 1.807) is 13.3 Å². The monoisotopic (exact) mass is 339 g/mol. The molecule has 1 fully saturated rings. The molecule has 6 heteroatoms. The van der Waals surface area contributed by atoms with Crippen molar-refractivity contribution >= 4 is 17.5 Å². The first-order chi connectivity index (χ1) is 12.2. The number of hydrogen-bond acceptors (Lipinski definition) is 5. The molecule has 0 bridgehead atoms. The van der Waals surface area contributed by atoms with E-state index in [-0.39, 0.29) is 5.91 Å². The Bertz CT molecular complexity index is 698. The number of piperazine rings is 1. The molecule has 3 rings (SSSR count). The standard InChI is InChI=1S/C19H25N5O/c1-3-22(14-17-7-5-4-6-8-17)18-13-19(21-15-20-18)24-11-9-23(10-12-24)16(2)25/h4-8,13,15H,3,9-12,14H2,1-2H3. The maximum atomic E-state index is 11.5. The normalized spacial score (nSPS) is 14.5. The second kappa shape index (κ2) is 7.96. The fraction of sp³-hybridized carbons (Fsp3) is 0.421. The molecule has 2 aromatic rings. The Labute approximate surface area is 149 Å². The number of carbonyl (C=O) groups is 1. The molecule has 6 nitrogen and oxygen atoms in total. The van der Waals surface area contributed by atoms with Gasteiger partial charge in [-0.3, -0.25) is 4.79 Å². The van der Waals surface area contributed by atoms with E-state index in [9.17, 15) is 4.79 Å². The molecule has 132 valence electrons. The molecule has 1 aromatic carbocycles. The smallest absolute Gasteiger partial charge is 0.219 e. The first-order valence-corrected chi connectivity index (χ1v) is 8.78. The summed E-state index contributed by atoms with van der Waals surface area (Å²) in [6, 6.07) is 12.5. The number of hydrogen-bond donors (Lipinski definition) is 0. The molecule has 1 aromatic heterocycles. The minimum Gasteiger partial charge on any atom is -0.353 e.